The van der Waals surface area contributed by atoms with Crippen LogP contribution in [0.4, 0.5) is 0 Å². The molecule has 1 heterocycles. The zero-order valence-corrected chi connectivity index (χ0v) is 11.4. The van der Waals surface area contributed by atoms with Gasteiger partial charge in [-0.15, -0.1) is 0 Å². The van der Waals surface area contributed by atoms with Crippen molar-refractivity contribution in [2.45, 2.75) is 33.4 Å². The van der Waals surface area contributed by atoms with Crippen LogP contribution in [0.25, 0.3) is 0 Å². The summed E-state index contributed by atoms with van der Waals surface area (Å²) in [7, 11) is 0. The summed E-state index contributed by atoms with van der Waals surface area (Å²) in [5.41, 5.74) is 1.14. The third-order valence-corrected chi connectivity index (χ3v) is 3.01. The second-order valence-electron chi connectivity index (χ2n) is 4.47. The molecule has 0 saturated heterocycles. The van der Waals surface area contributed by atoms with E-state index in [1.807, 2.05) is 18.1 Å². The molecule has 4 heteroatoms. The lowest BCUT2D eigenvalue weighted by Gasteiger charge is -2.04. The number of aryl methyl sites for hydroxylation is 1. The fourth-order valence-corrected chi connectivity index (χ4v) is 1.92. The van der Waals surface area contributed by atoms with Crippen molar-refractivity contribution in [2.75, 3.05) is 18.6 Å². The normalized spacial score (nSPS) is 11.2. The number of hydrogen-bond donors (Lipinski definition) is 1. The highest BCUT2D eigenvalue weighted by Crippen LogP contribution is 2.01. The van der Waals surface area contributed by atoms with E-state index in [4.69, 9.17) is 0 Å². The van der Waals surface area contributed by atoms with Gasteiger partial charge in [0.1, 0.15) is 0 Å². The van der Waals surface area contributed by atoms with E-state index in [1.54, 1.807) is 0 Å². The van der Waals surface area contributed by atoms with E-state index < -0.39 is 0 Å². The van der Waals surface area contributed by atoms with Gasteiger partial charge in [-0.3, -0.25) is 0 Å². The largest absolute Gasteiger partial charge is 0.337 e. The van der Waals surface area contributed by atoms with Crippen molar-refractivity contribution in [3.8, 4) is 0 Å². The topological polar surface area (TPSA) is 29.9 Å². The van der Waals surface area contributed by atoms with Crippen LogP contribution in [0.15, 0.2) is 12.5 Å². The molecule has 0 aliphatic heterocycles. The zero-order valence-electron chi connectivity index (χ0n) is 10.6. The van der Waals surface area contributed by atoms with Crippen LogP contribution in [0.3, 0.4) is 0 Å². The minimum atomic E-state index is 0.698. The molecule has 1 N–H and O–H groups in total. The quantitative estimate of drug-likeness (QED) is 0.709. The first kappa shape index (κ1) is 13.6. The summed E-state index contributed by atoms with van der Waals surface area (Å²) >= 11 is 1.90. The molecule has 0 fully saturated rings. The summed E-state index contributed by atoms with van der Waals surface area (Å²) in [6, 6.07) is 0. The van der Waals surface area contributed by atoms with E-state index in [2.05, 4.69) is 41.2 Å². The van der Waals surface area contributed by atoms with Gasteiger partial charge in [-0.2, -0.15) is 11.8 Å². The number of thioether (sulfide) groups is 1. The van der Waals surface area contributed by atoms with Crippen molar-refractivity contribution in [2.24, 2.45) is 5.92 Å². The van der Waals surface area contributed by atoms with Crippen LogP contribution in [0.5, 0.6) is 0 Å². The number of hydrogen-bond acceptors (Lipinski definition) is 3. The van der Waals surface area contributed by atoms with E-state index in [9.17, 15) is 0 Å². The van der Waals surface area contributed by atoms with E-state index in [1.165, 1.54) is 12.2 Å². The highest BCUT2D eigenvalue weighted by Gasteiger charge is 1.99. The maximum absolute atomic E-state index is 4.39. The van der Waals surface area contributed by atoms with Gasteiger partial charge in [-0.25, -0.2) is 4.98 Å². The van der Waals surface area contributed by atoms with Crippen molar-refractivity contribution < 1.29 is 0 Å². The molecule has 0 unspecified atom stereocenters. The van der Waals surface area contributed by atoms with Gasteiger partial charge in [-0.1, -0.05) is 13.8 Å². The van der Waals surface area contributed by atoms with Gasteiger partial charge in [0.2, 0.25) is 0 Å². The van der Waals surface area contributed by atoms with Crippen LogP contribution in [-0.2, 0) is 13.1 Å². The summed E-state index contributed by atoms with van der Waals surface area (Å²) in [5, 5.41) is 3.40. The van der Waals surface area contributed by atoms with Crippen molar-refractivity contribution >= 4 is 11.8 Å². The highest BCUT2D eigenvalue weighted by molar-refractivity contribution is 7.98. The minimum absolute atomic E-state index is 0.698. The molecule has 0 aromatic carbocycles. The Balaban J connectivity index is 2.22. The average molecular weight is 241 g/mol. The fraction of sp³-hybridized carbons (Fsp3) is 0.750. The van der Waals surface area contributed by atoms with Crippen LogP contribution in [0.2, 0.25) is 0 Å². The Morgan fingerprint density at radius 2 is 2.31 bits per heavy atom. The van der Waals surface area contributed by atoms with Crippen molar-refractivity contribution in [3.63, 3.8) is 0 Å². The maximum atomic E-state index is 4.39. The van der Waals surface area contributed by atoms with Gasteiger partial charge in [0.05, 0.1) is 12.0 Å². The molecule has 0 saturated carbocycles. The number of rotatable bonds is 8. The van der Waals surface area contributed by atoms with Gasteiger partial charge in [0, 0.05) is 19.3 Å². The standard InChI is InChI=1S/C12H23N3S/c1-11(2)7-13-8-12-9-15(10-14-12)5-4-6-16-3/h9-11,13H,4-8H2,1-3H3. The Bertz CT molecular complexity index is 284. The molecular formula is C12H23N3S. The first-order valence-corrected chi connectivity index (χ1v) is 7.32. The Morgan fingerprint density at radius 3 is 3.00 bits per heavy atom. The number of nitrogens with zero attached hydrogens (tertiary/aromatic N) is 2. The summed E-state index contributed by atoms with van der Waals surface area (Å²) < 4.78 is 2.18. The maximum Gasteiger partial charge on any atom is 0.0949 e. The number of nitrogens with one attached hydrogen (secondary N) is 1. The zero-order chi connectivity index (χ0) is 11.8. The van der Waals surface area contributed by atoms with E-state index in [-0.39, 0.29) is 0 Å². The molecule has 3 nitrogen and oxygen atoms in total. The van der Waals surface area contributed by atoms with Crippen LogP contribution in [0, 0.1) is 5.92 Å². The van der Waals surface area contributed by atoms with Crippen molar-refractivity contribution in [1.82, 2.24) is 14.9 Å². The number of aromatic nitrogens is 2. The lowest BCUT2D eigenvalue weighted by Crippen LogP contribution is -2.19. The van der Waals surface area contributed by atoms with Crippen LogP contribution in [-0.4, -0.2) is 28.1 Å². The Morgan fingerprint density at radius 1 is 1.50 bits per heavy atom. The first-order valence-electron chi connectivity index (χ1n) is 5.92. The first-order chi connectivity index (χ1) is 7.72. The van der Waals surface area contributed by atoms with E-state index in [0.717, 1.165) is 25.3 Å². The summed E-state index contributed by atoms with van der Waals surface area (Å²) in [6.45, 7) is 7.45. The molecule has 1 aromatic rings. The third-order valence-electron chi connectivity index (χ3n) is 2.31. The molecule has 0 atom stereocenters. The molecule has 0 amide bonds. The predicted octanol–water partition coefficient (Wildman–Crippen LogP) is 2.38. The molecule has 0 aliphatic rings. The minimum Gasteiger partial charge on any atom is -0.337 e. The molecule has 0 aliphatic carbocycles. The van der Waals surface area contributed by atoms with Gasteiger partial charge in [-0.05, 0) is 30.9 Å². The lowest BCUT2D eigenvalue weighted by molar-refractivity contribution is 0.548. The summed E-state index contributed by atoms with van der Waals surface area (Å²) in [4.78, 5) is 4.39. The fourth-order valence-electron chi connectivity index (χ4n) is 1.50. The smallest absolute Gasteiger partial charge is 0.0949 e. The Hall–Kier alpha value is -0.480. The molecule has 1 aromatic heterocycles. The van der Waals surface area contributed by atoms with Gasteiger partial charge in [0.25, 0.3) is 0 Å². The number of imidazole rings is 1. The van der Waals surface area contributed by atoms with Gasteiger partial charge < -0.3 is 9.88 Å². The molecule has 1 rings (SSSR count). The van der Waals surface area contributed by atoms with Crippen molar-refractivity contribution in [3.05, 3.63) is 18.2 Å². The second kappa shape index (κ2) is 7.74. The second-order valence-corrected chi connectivity index (χ2v) is 5.46. The molecular weight excluding hydrogens is 218 g/mol. The van der Waals surface area contributed by atoms with E-state index >= 15 is 0 Å². The lowest BCUT2D eigenvalue weighted by atomic mass is 10.2. The van der Waals surface area contributed by atoms with Gasteiger partial charge in [0.15, 0.2) is 0 Å². The molecule has 0 spiro atoms. The predicted molar refractivity (Wildman–Crippen MR) is 71.8 cm³/mol. The van der Waals surface area contributed by atoms with Crippen LogP contribution in [0.1, 0.15) is 26.0 Å². The third kappa shape index (κ3) is 5.56. The highest BCUT2D eigenvalue weighted by atomic mass is 32.2. The summed E-state index contributed by atoms with van der Waals surface area (Å²) in [6.07, 6.45) is 7.45. The van der Waals surface area contributed by atoms with Crippen LogP contribution >= 0.6 is 11.8 Å². The van der Waals surface area contributed by atoms with Crippen LogP contribution < -0.4 is 5.32 Å². The van der Waals surface area contributed by atoms with Crippen molar-refractivity contribution in [1.29, 1.82) is 0 Å². The molecule has 0 bridgehead atoms. The molecule has 0 radical (unpaired) electrons. The molecule has 16 heavy (non-hydrogen) atoms. The summed E-state index contributed by atoms with van der Waals surface area (Å²) in [5.74, 6) is 1.92. The SMILES string of the molecule is CSCCCn1cnc(CNCC(C)C)c1. The average Bonchev–Trinajstić information content (AvgIpc) is 2.66. The monoisotopic (exact) mass is 241 g/mol. The van der Waals surface area contributed by atoms with E-state index in [0.29, 0.717) is 5.92 Å². The Kier molecular flexibility index (Phi) is 6.57. The van der Waals surface area contributed by atoms with Gasteiger partial charge >= 0.3 is 0 Å². The molecule has 92 valence electrons. The Labute approximate surface area is 103 Å².